The van der Waals surface area contributed by atoms with Crippen LogP contribution >= 0.6 is 0 Å². The number of ether oxygens (including phenoxy) is 1. The van der Waals surface area contributed by atoms with E-state index >= 15 is 0 Å². The first kappa shape index (κ1) is 15.5. The Balaban J connectivity index is 2.67. The molecule has 0 heterocycles. The van der Waals surface area contributed by atoms with E-state index < -0.39 is 0 Å². The van der Waals surface area contributed by atoms with Crippen molar-refractivity contribution in [3.63, 3.8) is 0 Å². The van der Waals surface area contributed by atoms with Crippen LogP contribution in [0.4, 0.5) is 4.39 Å². The topological polar surface area (TPSA) is 29.5 Å². The third-order valence-corrected chi connectivity index (χ3v) is 2.51. The van der Waals surface area contributed by atoms with E-state index in [9.17, 15) is 4.39 Å². The first-order valence-electron chi connectivity index (χ1n) is 6.44. The molecular formula is C16H21FO2. The van der Waals surface area contributed by atoms with Gasteiger partial charge in [-0.25, -0.2) is 4.39 Å². The fourth-order valence-electron chi connectivity index (χ4n) is 1.38. The van der Waals surface area contributed by atoms with Crippen LogP contribution in [0.2, 0.25) is 0 Å². The van der Waals surface area contributed by atoms with Crippen molar-refractivity contribution in [1.82, 2.24) is 0 Å². The molecule has 0 bridgehead atoms. The van der Waals surface area contributed by atoms with E-state index in [4.69, 9.17) is 9.84 Å². The van der Waals surface area contributed by atoms with Gasteiger partial charge in [-0.15, -0.1) is 0 Å². The second kappa shape index (κ2) is 7.16. The van der Waals surface area contributed by atoms with Gasteiger partial charge in [-0.05, 0) is 30.0 Å². The second-order valence-corrected chi connectivity index (χ2v) is 5.58. The maximum atomic E-state index is 13.6. The lowest BCUT2D eigenvalue weighted by atomic mass is 9.93. The fraction of sp³-hybridized carbons (Fsp3) is 0.500. The molecule has 0 spiro atoms. The third kappa shape index (κ3) is 6.26. The Morgan fingerprint density at radius 3 is 2.68 bits per heavy atom. The third-order valence-electron chi connectivity index (χ3n) is 2.51. The highest BCUT2D eigenvalue weighted by Crippen LogP contribution is 2.22. The molecule has 2 nitrogen and oxygen atoms in total. The normalized spacial score (nSPS) is 10.8. The quantitative estimate of drug-likeness (QED) is 0.845. The zero-order chi connectivity index (χ0) is 14.3. The number of aliphatic hydroxyl groups excluding tert-OH is 1. The molecule has 0 aliphatic heterocycles. The van der Waals surface area contributed by atoms with Crippen molar-refractivity contribution in [1.29, 1.82) is 0 Å². The Hall–Kier alpha value is -1.53. The Kier molecular flexibility index (Phi) is 5.85. The van der Waals surface area contributed by atoms with Gasteiger partial charge in [-0.1, -0.05) is 32.6 Å². The average molecular weight is 264 g/mol. The van der Waals surface area contributed by atoms with Gasteiger partial charge in [-0.3, -0.25) is 0 Å². The highest BCUT2D eigenvalue weighted by Gasteiger charge is 2.11. The molecule has 0 unspecified atom stereocenters. The van der Waals surface area contributed by atoms with Crippen LogP contribution < -0.4 is 4.74 Å². The molecule has 1 aromatic carbocycles. The van der Waals surface area contributed by atoms with Gasteiger partial charge in [0.1, 0.15) is 0 Å². The summed E-state index contributed by atoms with van der Waals surface area (Å²) in [4.78, 5) is 0. The summed E-state index contributed by atoms with van der Waals surface area (Å²) >= 11 is 0. The second-order valence-electron chi connectivity index (χ2n) is 5.58. The number of rotatable bonds is 4. The molecule has 0 fully saturated rings. The van der Waals surface area contributed by atoms with Crippen molar-refractivity contribution in [2.75, 3.05) is 13.2 Å². The standard InChI is InChI=1S/C16H21FO2/c1-16(2,3)9-11-19-15-12-13(6-4-5-10-18)7-8-14(15)17/h7-8,12,18H,5,9-11H2,1-3H3. The van der Waals surface area contributed by atoms with E-state index in [0.29, 0.717) is 18.6 Å². The molecule has 1 N–H and O–H groups in total. The summed E-state index contributed by atoms with van der Waals surface area (Å²) in [5.41, 5.74) is 0.857. The van der Waals surface area contributed by atoms with E-state index in [2.05, 4.69) is 32.6 Å². The van der Waals surface area contributed by atoms with Crippen LogP contribution in [0.1, 0.15) is 39.2 Å². The van der Waals surface area contributed by atoms with Gasteiger partial charge in [0.25, 0.3) is 0 Å². The molecule has 104 valence electrons. The lowest BCUT2D eigenvalue weighted by molar-refractivity contribution is 0.235. The molecule has 19 heavy (non-hydrogen) atoms. The molecule has 0 amide bonds. The largest absolute Gasteiger partial charge is 0.490 e. The minimum absolute atomic E-state index is 0.0309. The number of aliphatic hydroxyl groups is 1. The molecule has 1 aromatic rings. The van der Waals surface area contributed by atoms with Gasteiger partial charge < -0.3 is 9.84 Å². The molecule has 0 radical (unpaired) electrons. The smallest absolute Gasteiger partial charge is 0.165 e. The van der Waals surface area contributed by atoms with Crippen molar-refractivity contribution in [2.45, 2.75) is 33.6 Å². The van der Waals surface area contributed by atoms with Crippen molar-refractivity contribution in [3.05, 3.63) is 29.6 Å². The van der Waals surface area contributed by atoms with Crippen LogP contribution in [0.15, 0.2) is 18.2 Å². The number of benzene rings is 1. The first-order valence-corrected chi connectivity index (χ1v) is 6.44. The summed E-state index contributed by atoms with van der Waals surface area (Å²) in [6.07, 6.45) is 1.27. The summed E-state index contributed by atoms with van der Waals surface area (Å²) < 4.78 is 19.0. The molecule has 0 aromatic heterocycles. The molecule has 0 saturated heterocycles. The predicted molar refractivity (Wildman–Crippen MR) is 74.5 cm³/mol. The fourth-order valence-corrected chi connectivity index (χ4v) is 1.38. The molecule has 0 aliphatic carbocycles. The van der Waals surface area contributed by atoms with E-state index in [1.54, 1.807) is 12.1 Å². The van der Waals surface area contributed by atoms with Gasteiger partial charge in [-0.2, -0.15) is 0 Å². The van der Waals surface area contributed by atoms with Gasteiger partial charge in [0.2, 0.25) is 0 Å². The Morgan fingerprint density at radius 1 is 1.32 bits per heavy atom. The molecule has 0 saturated carbocycles. The Bertz CT molecular complexity index is 464. The van der Waals surface area contributed by atoms with Crippen LogP contribution in [0, 0.1) is 23.1 Å². The first-order chi connectivity index (χ1) is 8.92. The van der Waals surface area contributed by atoms with Crippen molar-refractivity contribution in [3.8, 4) is 17.6 Å². The summed E-state index contributed by atoms with van der Waals surface area (Å²) in [7, 11) is 0. The number of hydrogen-bond donors (Lipinski definition) is 1. The van der Waals surface area contributed by atoms with Crippen LogP contribution in [0.5, 0.6) is 5.75 Å². The molecular weight excluding hydrogens is 243 g/mol. The summed E-state index contributed by atoms with van der Waals surface area (Å²) in [6, 6.07) is 4.56. The lowest BCUT2D eigenvalue weighted by Gasteiger charge is -2.18. The van der Waals surface area contributed by atoms with E-state index in [0.717, 1.165) is 6.42 Å². The van der Waals surface area contributed by atoms with Crippen LogP contribution in [0.25, 0.3) is 0 Å². The zero-order valence-electron chi connectivity index (χ0n) is 11.8. The zero-order valence-corrected chi connectivity index (χ0v) is 11.8. The van der Waals surface area contributed by atoms with E-state index in [1.165, 1.54) is 6.07 Å². The molecule has 1 rings (SSSR count). The van der Waals surface area contributed by atoms with Crippen LogP contribution in [-0.4, -0.2) is 18.3 Å². The van der Waals surface area contributed by atoms with E-state index in [1.807, 2.05) is 0 Å². The average Bonchev–Trinajstić information content (AvgIpc) is 2.31. The minimum atomic E-state index is -0.374. The molecule has 0 atom stereocenters. The minimum Gasteiger partial charge on any atom is -0.490 e. The van der Waals surface area contributed by atoms with Gasteiger partial charge in [0.05, 0.1) is 13.2 Å². The van der Waals surface area contributed by atoms with Crippen LogP contribution in [0.3, 0.4) is 0 Å². The molecule has 3 heteroatoms. The van der Waals surface area contributed by atoms with E-state index in [-0.39, 0.29) is 23.6 Å². The Morgan fingerprint density at radius 2 is 2.05 bits per heavy atom. The summed E-state index contributed by atoms with van der Waals surface area (Å²) in [6.45, 7) is 6.85. The van der Waals surface area contributed by atoms with Crippen molar-refractivity contribution < 1.29 is 14.2 Å². The monoisotopic (exact) mass is 264 g/mol. The number of hydrogen-bond acceptors (Lipinski definition) is 2. The predicted octanol–water partition coefficient (Wildman–Crippen LogP) is 3.37. The van der Waals surface area contributed by atoms with Gasteiger partial charge in [0.15, 0.2) is 11.6 Å². The maximum absolute atomic E-state index is 13.6. The highest BCUT2D eigenvalue weighted by molar-refractivity contribution is 5.40. The summed E-state index contributed by atoms with van der Waals surface area (Å²) in [5, 5.41) is 8.65. The molecule has 0 aliphatic rings. The number of halogens is 1. The Labute approximate surface area is 114 Å². The lowest BCUT2D eigenvalue weighted by Crippen LogP contribution is -2.11. The SMILES string of the molecule is CC(C)(C)CCOc1cc(C#CCCO)ccc1F. The summed E-state index contributed by atoms with van der Waals surface area (Å²) in [5.74, 6) is 5.53. The maximum Gasteiger partial charge on any atom is 0.165 e. The van der Waals surface area contributed by atoms with Crippen LogP contribution in [-0.2, 0) is 0 Å². The van der Waals surface area contributed by atoms with Gasteiger partial charge in [0, 0.05) is 12.0 Å². The highest BCUT2D eigenvalue weighted by atomic mass is 19.1. The van der Waals surface area contributed by atoms with Gasteiger partial charge >= 0.3 is 0 Å². The van der Waals surface area contributed by atoms with Crippen molar-refractivity contribution >= 4 is 0 Å². The van der Waals surface area contributed by atoms with Crippen molar-refractivity contribution in [2.24, 2.45) is 5.41 Å².